The number of nitrogens with two attached hydrogens (primary N) is 1. The fourth-order valence-electron chi connectivity index (χ4n) is 1.47. The molecule has 0 aliphatic heterocycles. The molecule has 0 aliphatic carbocycles. The average molecular weight is 226 g/mol. The molecule has 0 aromatic carbocycles. The molecule has 6 nitrogen and oxygen atoms in total. The largest absolute Gasteiger partial charge is 0.489 e. The lowest BCUT2D eigenvalue weighted by atomic mass is 10.1. The van der Waals surface area contributed by atoms with Crippen LogP contribution < -0.4 is 21.3 Å². The minimum absolute atomic E-state index is 0.105. The number of hydrogen-bond donors (Lipinski definition) is 3. The van der Waals surface area contributed by atoms with Crippen LogP contribution in [0.1, 0.15) is 19.8 Å². The highest BCUT2D eigenvalue weighted by Crippen LogP contribution is 2.16. The number of anilines is 1. The molecule has 16 heavy (non-hydrogen) atoms. The molecule has 1 aromatic heterocycles. The molecule has 90 valence electrons. The van der Waals surface area contributed by atoms with Crippen LogP contribution in [0.3, 0.4) is 0 Å². The zero-order chi connectivity index (χ0) is 12.0. The van der Waals surface area contributed by atoms with E-state index in [1.807, 2.05) is 0 Å². The predicted octanol–water partition coefficient (Wildman–Crippen LogP) is 0.318. The smallest absolute Gasteiger partial charge is 0.295 e. The third kappa shape index (κ3) is 2.96. The van der Waals surface area contributed by atoms with Crippen LogP contribution in [-0.2, 0) is 0 Å². The van der Waals surface area contributed by atoms with Gasteiger partial charge in [0.15, 0.2) is 5.82 Å². The number of nitrogens with zero attached hydrogens (tertiary/aromatic N) is 1. The maximum Gasteiger partial charge on any atom is 0.295 e. The first-order chi connectivity index (χ1) is 7.72. The predicted molar refractivity (Wildman–Crippen MR) is 62.8 cm³/mol. The van der Waals surface area contributed by atoms with Gasteiger partial charge in [-0.15, -0.1) is 0 Å². The third-order valence-corrected chi connectivity index (χ3v) is 2.28. The first kappa shape index (κ1) is 12.5. The first-order valence-electron chi connectivity index (χ1n) is 5.31. The van der Waals surface area contributed by atoms with Crippen LogP contribution in [-0.4, -0.2) is 29.7 Å². The third-order valence-electron chi connectivity index (χ3n) is 2.28. The van der Waals surface area contributed by atoms with Crippen LogP contribution in [0.15, 0.2) is 11.1 Å². The van der Waals surface area contributed by atoms with Crippen molar-refractivity contribution in [2.75, 3.05) is 19.0 Å². The molecule has 1 unspecified atom stereocenters. The fourth-order valence-corrected chi connectivity index (χ4v) is 1.47. The van der Waals surface area contributed by atoms with Crippen molar-refractivity contribution in [2.24, 2.45) is 5.73 Å². The van der Waals surface area contributed by atoms with Gasteiger partial charge in [0.1, 0.15) is 0 Å². The molecule has 1 atom stereocenters. The second kappa shape index (κ2) is 6.12. The highest BCUT2D eigenvalue weighted by Gasteiger charge is 2.12. The summed E-state index contributed by atoms with van der Waals surface area (Å²) >= 11 is 0. The minimum atomic E-state index is -0.299. The molecular formula is C10H18N4O2. The van der Waals surface area contributed by atoms with Crippen molar-refractivity contribution in [3.8, 4) is 5.75 Å². The van der Waals surface area contributed by atoms with E-state index in [1.165, 1.54) is 13.4 Å². The van der Waals surface area contributed by atoms with Crippen LogP contribution in [0, 0.1) is 0 Å². The monoisotopic (exact) mass is 226 g/mol. The van der Waals surface area contributed by atoms with E-state index in [2.05, 4.69) is 22.2 Å². The van der Waals surface area contributed by atoms with Crippen LogP contribution in [0.4, 0.5) is 5.82 Å². The molecule has 0 fully saturated rings. The van der Waals surface area contributed by atoms with Gasteiger partial charge in [0, 0.05) is 12.6 Å². The highest BCUT2D eigenvalue weighted by molar-refractivity contribution is 5.48. The van der Waals surface area contributed by atoms with Crippen molar-refractivity contribution in [2.45, 2.75) is 25.8 Å². The Labute approximate surface area is 94.2 Å². The lowest BCUT2D eigenvalue weighted by Crippen LogP contribution is -2.30. The molecule has 0 bridgehead atoms. The zero-order valence-electron chi connectivity index (χ0n) is 9.62. The molecule has 6 heteroatoms. The molecule has 0 aliphatic rings. The van der Waals surface area contributed by atoms with Gasteiger partial charge in [-0.1, -0.05) is 13.3 Å². The van der Waals surface area contributed by atoms with Crippen LogP contribution in [0.2, 0.25) is 0 Å². The molecule has 0 spiro atoms. The van der Waals surface area contributed by atoms with E-state index >= 15 is 0 Å². The van der Waals surface area contributed by atoms with Crippen molar-refractivity contribution >= 4 is 5.82 Å². The summed E-state index contributed by atoms with van der Waals surface area (Å²) in [5, 5.41) is 3.11. The average Bonchev–Trinajstić information content (AvgIpc) is 2.28. The Kier molecular flexibility index (Phi) is 4.78. The Morgan fingerprint density at radius 2 is 2.44 bits per heavy atom. The molecule has 1 aromatic rings. The summed E-state index contributed by atoms with van der Waals surface area (Å²) in [5.74, 6) is 0.632. The number of aromatic amines is 1. The van der Waals surface area contributed by atoms with Crippen LogP contribution in [0.25, 0.3) is 0 Å². The lowest BCUT2D eigenvalue weighted by molar-refractivity contribution is 0.407. The summed E-state index contributed by atoms with van der Waals surface area (Å²) < 4.78 is 4.99. The first-order valence-corrected chi connectivity index (χ1v) is 5.31. The summed E-state index contributed by atoms with van der Waals surface area (Å²) in [6, 6.07) is 0.105. The molecule has 0 amide bonds. The van der Waals surface area contributed by atoms with Gasteiger partial charge in [-0.3, -0.25) is 4.79 Å². The number of rotatable bonds is 6. The number of methoxy groups -OCH3 is 1. The second-order valence-electron chi connectivity index (χ2n) is 3.48. The second-order valence-corrected chi connectivity index (χ2v) is 3.48. The van der Waals surface area contributed by atoms with E-state index in [0.717, 1.165) is 12.8 Å². The Morgan fingerprint density at radius 3 is 3.00 bits per heavy atom. The van der Waals surface area contributed by atoms with Gasteiger partial charge in [-0.2, -0.15) is 0 Å². The standard InChI is InChI=1S/C10H18N4O2/c1-3-4-7(5-11)14-9-8(16-2)10(15)13-6-12-9/h6-7H,3-5,11H2,1-2H3,(H2,12,13,14,15). The quantitative estimate of drug-likeness (QED) is 0.649. The van der Waals surface area contributed by atoms with Crippen LogP contribution >= 0.6 is 0 Å². The summed E-state index contributed by atoms with van der Waals surface area (Å²) in [5.41, 5.74) is 5.32. The van der Waals surface area contributed by atoms with Crippen LogP contribution in [0.5, 0.6) is 5.75 Å². The summed E-state index contributed by atoms with van der Waals surface area (Å²) in [7, 11) is 1.44. The molecule has 1 heterocycles. The van der Waals surface area contributed by atoms with Crippen molar-refractivity contribution in [1.82, 2.24) is 9.97 Å². The summed E-state index contributed by atoms with van der Waals surface area (Å²) in [4.78, 5) is 17.9. The molecule has 4 N–H and O–H groups in total. The van der Waals surface area contributed by atoms with E-state index in [4.69, 9.17) is 10.5 Å². The van der Waals surface area contributed by atoms with Gasteiger partial charge < -0.3 is 20.8 Å². The normalized spacial score (nSPS) is 12.2. The van der Waals surface area contributed by atoms with E-state index < -0.39 is 0 Å². The number of hydrogen-bond acceptors (Lipinski definition) is 5. The maximum absolute atomic E-state index is 11.4. The van der Waals surface area contributed by atoms with E-state index in [0.29, 0.717) is 12.4 Å². The maximum atomic E-state index is 11.4. The number of H-pyrrole nitrogens is 1. The molecule has 0 radical (unpaired) electrons. The van der Waals surface area contributed by atoms with E-state index in [1.54, 1.807) is 0 Å². The molecular weight excluding hydrogens is 208 g/mol. The van der Waals surface area contributed by atoms with Gasteiger partial charge >= 0.3 is 0 Å². The topological polar surface area (TPSA) is 93.0 Å². The Bertz CT molecular complexity index is 377. The molecule has 1 rings (SSSR count). The number of aromatic nitrogens is 2. The number of nitrogens with one attached hydrogen (secondary N) is 2. The van der Waals surface area contributed by atoms with E-state index in [-0.39, 0.29) is 17.4 Å². The van der Waals surface area contributed by atoms with Gasteiger partial charge in [0.25, 0.3) is 5.56 Å². The Hall–Kier alpha value is -1.56. The summed E-state index contributed by atoms with van der Waals surface area (Å²) in [6.45, 7) is 2.57. The number of ether oxygens (including phenoxy) is 1. The Balaban J connectivity index is 2.87. The minimum Gasteiger partial charge on any atom is -0.489 e. The van der Waals surface area contributed by atoms with Gasteiger partial charge in [-0.05, 0) is 6.42 Å². The van der Waals surface area contributed by atoms with Gasteiger partial charge in [0.2, 0.25) is 5.75 Å². The van der Waals surface area contributed by atoms with Crippen molar-refractivity contribution < 1.29 is 4.74 Å². The molecule has 0 saturated heterocycles. The molecule has 0 saturated carbocycles. The lowest BCUT2D eigenvalue weighted by Gasteiger charge is -2.17. The highest BCUT2D eigenvalue weighted by atomic mass is 16.5. The Morgan fingerprint density at radius 1 is 1.69 bits per heavy atom. The fraction of sp³-hybridized carbons (Fsp3) is 0.600. The summed E-state index contributed by atoms with van der Waals surface area (Å²) in [6.07, 6.45) is 3.28. The van der Waals surface area contributed by atoms with Gasteiger partial charge in [-0.25, -0.2) is 4.98 Å². The van der Waals surface area contributed by atoms with Crippen molar-refractivity contribution in [1.29, 1.82) is 0 Å². The van der Waals surface area contributed by atoms with Crippen molar-refractivity contribution in [3.05, 3.63) is 16.7 Å². The SMILES string of the molecule is CCCC(CN)Nc1nc[nH]c(=O)c1OC. The van der Waals surface area contributed by atoms with E-state index in [9.17, 15) is 4.79 Å². The van der Waals surface area contributed by atoms with Crippen molar-refractivity contribution in [3.63, 3.8) is 0 Å². The van der Waals surface area contributed by atoms with Gasteiger partial charge in [0.05, 0.1) is 13.4 Å². The zero-order valence-corrected chi connectivity index (χ0v) is 9.62.